The number of nitro groups is 1. The molecule has 1 aromatic heterocycles. The quantitative estimate of drug-likeness (QED) is 0.404. The number of anilines is 1. The molecular weight excluding hydrogens is 272 g/mol. The van der Waals surface area contributed by atoms with Gasteiger partial charge < -0.3 is 10.1 Å². The van der Waals surface area contributed by atoms with Crippen LogP contribution in [0.15, 0.2) is 0 Å². The molecule has 1 rings (SSSR count). The summed E-state index contributed by atoms with van der Waals surface area (Å²) in [7, 11) is 0. The van der Waals surface area contributed by atoms with Gasteiger partial charge in [-0.05, 0) is 12.8 Å². The van der Waals surface area contributed by atoms with Crippen LogP contribution < -0.4 is 10.1 Å². The Morgan fingerprint density at radius 2 is 1.95 bits per heavy atom. The maximum Gasteiger partial charge on any atom is 0.372 e. The largest absolute Gasteiger partial charge is 0.473 e. The number of aryl methyl sites for hydroxylation is 1. The molecule has 7 heteroatoms. The monoisotopic (exact) mass is 296 g/mol. The van der Waals surface area contributed by atoms with Gasteiger partial charge in [-0.1, -0.05) is 33.6 Å². The molecule has 0 fully saturated rings. The van der Waals surface area contributed by atoms with Crippen molar-refractivity contribution >= 4 is 11.5 Å². The first-order valence-corrected chi connectivity index (χ1v) is 7.55. The van der Waals surface area contributed by atoms with E-state index in [9.17, 15) is 10.1 Å². The summed E-state index contributed by atoms with van der Waals surface area (Å²) in [6.07, 6.45) is 4.49. The summed E-state index contributed by atoms with van der Waals surface area (Å²) in [6, 6.07) is 0. The Labute approximate surface area is 125 Å². The van der Waals surface area contributed by atoms with E-state index in [4.69, 9.17) is 4.74 Å². The van der Waals surface area contributed by atoms with E-state index in [0.717, 1.165) is 25.7 Å². The van der Waals surface area contributed by atoms with E-state index >= 15 is 0 Å². The normalized spacial score (nSPS) is 10.4. The molecule has 0 unspecified atom stereocenters. The van der Waals surface area contributed by atoms with Gasteiger partial charge in [-0.15, -0.1) is 0 Å². The van der Waals surface area contributed by atoms with Crippen molar-refractivity contribution in [2.45, 2.75) is 52.9 Å². The topological polar surface area (TPSA) is 90.2 Å². The van der Waals surface area contributed by atoms with Crippen molar-refractivity contribution in [3.63, 3.8) is 0 Å². The van der Waals surface area contributed by atoms with Crippen LogP contribution in [0.5, 0.6) is 5.88 Å². The van der Waals surface area contributed by atoms with Gasteiger partial charge in [0.25, 0.3) is 5.88 Å². The second kappa shape index (κ2) is 9.10. The highest BCUT2D eigenvalue weighted by Crippen LogP contribution is 2.32. The molecule has 0 radical (unpaired) electrons. The summed E-state index contributed by atoms with van der Waals surface area (Å²) in [5, 5.41) is 14.3. The van der Waals surface area contributed by atoms with Crippen LogP contribution >= 0.6 is 0 Å². The van der Waals surface area contributed by atoms with Crippen molar-refractivity contribution in [2.24, 2.45) is 0 Å². The summed E-state index contributed by atoms with van der Waals surface area (Å²) < 4.78 is 5.43. The fourth-order valence-electron chi connectivity index (χ4n) is 1.81. The number of nitrogens with zero attached hydrogens (tertiary/aromatic N) is 3. The Bertz CT molecular complexity index is 466. The molecule has 0 amide bonds. The first-order valence-electron chi connectivity index (χ1n) is 7.55. The molecule has 0 bridgehead atoms. The summed E-state index contributed by atoms with van der Waals surface area (Å²) in [5.74, 6) is 0.866. The molecule has 0 saturated carbocycles. The standard InChI is InChI=1S/C14H24N4O3/c1-4-7-8-9-15-13-12(18(19)20)14(21-10-5-2)17-11(6-3)16-13/h4-10H2,1-3H3,(H,15,16,17). The molecule has 1 N–H and O–H groups in total. The second-order valence-corrected chi connectivity index (χ2v) is 4.74. The van der Waals surface area contributed by atoms with Gasteiger partial charge in [-0.2, -0.15) is 4.98 Å². The Balaban J connectivity index is 3.03. The molecule has 0 spiro atoms. The van der Waals surface area contributed by atoms with Crippen LogP contribution in [-0.2, 0) is 6.42 Å². The minimum atomic E-state index is -0.480. The van der Waals surface area contributed by atoms with Crippen LogP contribution in [0.1, 0.15) is 52.3 Å². The summed E-state index contributed by atoms with van der Waals surface area (Å²) in [6.45, 7) is 7.01. The fourth-order valence-corrected chi connectivity index (χ4v) is 1.81. The molecule has 1 aromatic rings. The minimum Gasteiger partial charge on any atom is -0.473 e. The van der Waals surface area contributed by atoms with Gasteiger partial charge in [0, 0.05) is 13.0 Å². The molecule has 0 aromatic carbocycles. The summed E-state index contributed by atoms with van der Waals surface area (Å²) >= 11 is 0. The van der Waals surface area contributed by atoms with E-state index in [0.29, 0.717) is 25.4 Å². The van der Waals surface area contributed by atoms with Crippen molar-refractivity contribution in [3.8, 4) is 5.88 Å². The molecule has 1 heterocycles. The summed E-state index contributed by atoms with van der Waals surface area (Å²) in [5.41, 5.74) is -0.169. The summed E-state index contributed by atoms with van der Waals surface area (Å²) in [4.78, 5) is 19.2. The number of unbranched alkanes of at least 4 members (excludes halogenated alkanes) is 2. The lowest BCUT2D eigenvalue weighted by atomic mass is 10.2. The van der Waals surface area contributed by atoms with Gasteiger partial charge in [0.05, 0.1) is 11.5 Å². The third kappa shape index (κ3) is 5.17. The minimum absolute atomic E-state index is 0.0618. The number of nitrogens with one attached hydrogen (secondary N) is 1. The second-order valence-electron chi connectivity index (χ2n) is 4.74. The molecule has 21 heavy (non-hydrogen) atoms. The highest BCUT2D eigenvalue weighted by atomic mass is 16.6. The number of hydrogen-bond acceptors (Lipinski definition) is 6. The number of rotatable bonds is 10. The van der Waals surface area contributed by atoms with Crippen molar-refractivity contribution < 1.29 is 9.66 Å². The van der Waals surface area contributed by atoms with E-state index in [1.54, 1.807) is 0 Å². The van der Waals surface area contributed by atoms with E-state index in [1.165, 1.54) is 0 Å². The molecule has 118 valence electrons. The average molecular weight is 296 g/mol. The third-order valence-corrected chi connectivity index (χ3v) is 2.91. The van der Waals surface area contributed by atoms with Gasteiger partial charge in [0.1, 0.15) is 5.82 Å². The van der Waals surface area contributed by atoms with Crippen molar-refractivity contribution in [2.75, 3.05) is 18.5 Å². The molecule has 0 aliphatic carbocycles. The van der Waals surface area contributed by atoms with Gasteiger partial charge in [-0.3, -0.25) is 10.1 Å². The van der Waals surface area contributed by atoms with Crippen LogP contribution in [0, 0.1) is 10.1 Å². The number of hydrogen-bond donors (Lipinski definition) is 1. The zero-order valence-electron chi connectivity index (χ0n) is 13.0. The highest BCUT2D eigenvalue weighted by Gasteiger charge is 2.25. The Morgan fingerprint density at radius 1 is 1.19 bits per heavy atom. The lowest BCUT2D eigenvalue weighted by molar-refractivity contribution is -0.385. The van der Waals surface area contributed by atoms with Crippen molar-refractivity contribution in [1.82, 2.24) is 9.97 Å². The van der Waals surface area contributed by atoms with E-state index in [1.807, 2.05) is 13.8 Å². The zero-order valence-corrected chi connectivity index (χ0v) is 13.0. The first-order chi connectivity index (χ1) is 10.1. The predicted octanol–water partition coefficient (Wildman–Crippen LogP) is 3.34. The molecule has 0 atom stereocenters. The molecular formula is C14H24N4O3. The molecule has 0 saturated heterocycles. The maximum absolute atomic E-state index is 11.3. The maximum atomic E-state index is 11.3. The van der Waals surface area contributed by atoms with Crippen molar-refractivity contribution in [3.05, 3.63) is 15.9 Å². The Morgan fingerprint density at radius 3 is 2.52 bits per heavy atom. The average Bonchev–Trinajstić information content (AvgIpc) is 2.48. The SMILES string of the molecule is CCCCCNc1nc(CC)nc(OCCC)c1[N+](=O)[O-]. The van der Waals surface area contributed by atoms with Crippen LogP contribution in [0.25, 0.3) is 0 Å². The smallest absolute Gasteiger partial charge is 0.372 e. The Hall–Kier alpha value is -1.92. The number of ether oxygens (including phenoxy) is 1. The van der Waals surface area contributed by atoms with Crippen LogP contribution in [0.3, 0.4) is 0 Å². The first kappa shape index (κ1) is 17.1. The van der Waals surface area contributed by atoms with Gasteiger partial charge in [0.2, 0.25) is 5.82 Å². The molecule has 0 aliphatic rings. The molecule has 0 aliphatic heterocycles. The zero-order chi connectivity index (χ0) is 15.7. The van der Waals surface area contributed by atoms with Crippen LogP contribution in [-0.4, -0.2) is 28.0 Å². The van der Waals surface area contributed by atoms with E-state index in [2.05, 4.69) is 22.2 Å². The predicted molar refractivity (Wildman–Crippen MR) is 81.9 cm³/mol. The lowest BCUT2D eigenvalue weighted by Gasteiger charge is -2.11. The van der Waals surface area contributed by atoms with E-state index in [-0.39, 0.29) is 17.4 Å². The van der Waals surface area contributed by atoms with E-state index < -0.39 is 4.92 Å². The lowest BCUT2D eigenvalue weighted by Crippen LogP contribution is -2.11. The van der Waals surface area contributed by atoms with Crippen LogP contribution in [0.2, 0.25) is 0 Å². The van der Waals surface area contributed by atoms with Gasteiger partial charge in [0.15, 0.2) is 0 Å². The fraction of sp³-hybridized carbons (Fsp3) is 0.714. The van der Waals surface area contributed by atoms with Crippen molar-refractivity contribution in [1.29, 1.82) is 0 Å². The van der Waals surface area contributed by atoms with Crippen LogP contribution in [0.4, 0.5) is 11.5 Å². The van der Waals surface area contributed by atoms with Gasteiger partial charge in [-0.25, -0.2) is 4.98 Å². The van der Waals surface area contributed by atoms with Gasteiger partial charge >= 0.3 is 5.69 Å². The molecule has 7 nitrogen and oxygen atoms in total. The highest BCUT2D eigenvalue weighted by molar-refractivity contribution is 5.61. The Kier molecular flexibility index (Phi) is 7.42. The number of aromatic nitrogens is 2. The third-order valence-electron chi connectivity index (χ3n) is 2.91.